The van der Waals surface area contributed by atoms with Gasteiger partial charge in [0, 0.05) is 0 Å². The van der Waals surface area contributed by atoms with Crippen LogP contribution in [0, 0.1) is 0 Å². The van der Waals surface area contributed by atoms with Crippen molar-refractivity contribution >= 4 is 23.0 Å². The van der Waals surface area contributed by atoms with Gasteiger partial charge in [0.2, 0.25) is 0 Å². The highest BCUT2D eigenvalue weighted by Crippen LogP contribution is 2.09. The number of hydrogen-bond acceptors (Lipinski definition) is 4. The van der Waals surface area contributed by atoms with E-state index < -0.39 is 0 Å². The molecule has 0 unspecified atom stereocenters. The molecule has 0 aromatic carbocycles. The van der Waals surface area contributed by atoms with Gasteiger partial charge in [-0.05, 0) is 5.75 Å². The van der Waals surface area contributed by atoms with Gasteiger partial charge >= 0.3 is 5.97 Å². The van der Waals surface area contributed by atoms with Crippen molar-refractivity contribution in [1.82, 2.24) is 0 Å². The van der Waals surface area contributed by atoms with Crippen LogP contribution in [0.3, 0.4) is 0 Å². The lowest BCUT2D eigenvalue weighted by Crippen LogP contribution is -2.01. The number of hydrogen-bond donors (Lipinski definition) is 0. The van der Waals surface area contributed by atoms with Crippen molar-refractivity contribution < 1.29 is 9.53 Å². The van der Waals surface area contributed by atoms with Crippen LogP contribution in [-0.2, 0) is 9.53 Å². The minimum absolute atomic E-state index is 0.197. The predicted molar refractivity (Wildman–Crippen MR) is 36.5 cm³/mol. The Kier molecular flexibility index (Phi) is 2.10. The van der Waals surface area contributed by atoms with Gasteiger partial charge in [-0.25, -0.2) is 9.79 Å². The van der Waals surface area contributed by atoms with E-state index in [0.717, 1.165) is 5.75 Å². The van der Waals surface area contributed by atoms with Crippen molar-refractivity contribution in [3.63, 3.8) is 0 Å². The predicted octanol–water partition coefficient (Wildman–Crippen LogP) is 0.652. The van der Waals surface area contributed by atoms with Crippen LogP contribution in [0.4, 0.5) is 0 Å². The van der Waals surface area contributed by atoms with Crippen LogP contribution in [0.2, 0.25) is 0 Å². The minimum atomic E-state index is -0.244. The number of carbonyl (C=O) groups is 1. The van der Waals surface area contributed by atoms with E-state index in [1.54, 1.807) is 0 Å². The first-order valence-electron chi connectivity index (χ1n) is 2.71. The van der Waals surface area contributed by atoms with Crippen LogP contribution in [0.5, 0.6) is 0 Å². The van der Waals surface area contributed by atoms with Crippen LogP contribution in [-0.4, -0.2) is 23.5 Å². The number of esters is 1. The lowest BCUT2D eigenvalue weighted by atomic mass is 10.7. The Morgan fingerprint density at radius 1 is 1.89 bits per heavy atom. The van der Waals surface area contributed by atoms with Gasteiger partial charge in [-0.15, -0.1) is 0 Å². The number of rotatable bonds is 1. The lowest BCUT2D eigenvalue weighted by molar-refractivity contribution is -0.132. The number of carbonyl (C=O) groups excluding carboxylic acids is 1. The third-order valence-corrected chi connectivity index (χ3v) is 1.55. The van der Waals surface area contributed by atoms with E-state index in [1.165, 1.54) is 11.8 Å². The van der Waals surface area contributed by atoms with Crippen molar-refractivity contribution in [1.29, 1.82) is 0 Å². The maximum absolute atomic E-state index is 10.4. The lowest BCUT2D eigenvalue weighted by Gasteiger charge is -1.92. The maximum atomic E-state index is 10.4. The van der Waals surface area contributed by atoms with Crippen molar-refractivity contribution in [3.8, 4) is 0 Å². The summed E-state index contributed by atoms with van der Waals surface area (Å²) in [6.07, 6.45) is 0. The molecule has 0 amide bonds. The summed E-state index contributed by atoms with van der Waals surface area (Å²) in [7, 11) is 0. The minimum Gasteiger partial charge on any atom is -0.400 e. The van der Waals surface area contributed by atoms with Crippen molar-refractivity contribution in [2.45, 2.75) is 6.92 Å². The standard InChI is InChI=1S/C5H7NO2S/c1-2-9-5-6-3-4(7)8-5/h2-3H2,1H3. The van der Waals surface area contributed by atoms with Crippen molar-refractivity contribution in [2.75, 3.05) is 12.3 Å². The van der Waals surface area contributed by atoms with Crippen LogP contribution in [0.25, 0.3) is 0 Å². The summed E-state index contributed by atoms with van der Waals surface area (Å²) in [4.78, 5) is 14.2. The molecule has 0 aromatic heterocycles. The molecular formula is C5H7NO2S. The quantitative estimate of drug-likeness (QED) is 0.508. The SMILES string of the molecule is CCSC1=NCC(=O)O1. The summed E-state index contributed by atoms with van der Waals surface area (Å²) < 4.78 is 4.68. The first kappa shape index (κ1) is 6.61. The van der Waals surface area contributed by atoms with Crippen molar-refractivity contribution in [2.24, 2.45) is 4.99 Å². The summed E-state index contributed by atoms with van der Waals surface area (Å²) in [5.41, 5.74) is 0. The molecule has 0 saturated heterocycles. The average Bonchev–Trinajstić information content (AvgIpc) is 2.17. The Bertz CT molecular complexity index is 155. The zero-order chi connectivity index (χ0) is 6.69. The first-order chi connectivity index (χ1) is 4.33. The molecule has 0 aromatic rings. The van der Waals surface area contributed by atoms with Gasteiger partial charge in [-0.3, -0.25) is 0 Å². The normalized spacial score (nSPS) is 17.4. The smallest absolute Gasteiger partial charge is 0.334 e. The Balaban J connectivity index is 2.36. The van der Waals surface area contributed by atoms with E-state index in [-0.39, 0.29) is 12.5 Å². The van der Waals surface area contributed by atoms with Gasteiger partial charge in [0.25, 0.3) is 5.23 Å². The molecular weight excluding hydrogens is 138 g/mol. The van der Waals surface area contributed by atoms with Gasteiger partial charge < -0.3 is 4.74 Å². The van der Waals surface area contributed by atoms with E-state index in [1.807, 2.05) is 6.92 Å². The summed E-state index contributed by atoms with van der Waals surface area (Å²) in [6, 6.07) is 0. The fourth-order valence-corrected chi connectivity index (χ4v) is 1.04. The number of nitrogens with zero attached hydrogens (tertiary/aromatic N) is 1. The number of thioether (sulfide) groups is 1. The van der Waals surface area contributed by atoms with Crippen LogP contribution in [0.15, 0.2) is 4.99 Å². The summed E-state index contributed by atoms with van der Waals surface area (Å²) in [5.74, 6) is 0.650. The third-order valence-electron chi connectivity index (χ3n) is 0.806. The molecule has 0 aliphatic carbocycles. The van der Waals surface area contributed by atoms with E-state index in [4.69, 9.17) is 0 Å². The molecule has 1 aliphatic heterocycles. The molecule has 50 valence electrons. The number of aliphatic imine (C=N–C) groups is 1. The highest BCUT2D eigenvalue weighted by atomic mass is 32.2. The Hall–Kier alpha value is -0.510. The maximum Gasteiger partial charge on any atom is 0.334 e. The van der Waals surface area contributed by atoms with Crippen LogP contribution >= 0.6 is 11.8 Å². The molecule has 0 radical (unpaired) electrons. The summed E-state index contributed by atoms with van der Waals surface area (Å²) in [5, 5.41) is 0.516. The third kappa shape index (κ3) is 1.71. The molecule has 0 saturated carbocycles. The summed E-state index contributed by atoms with van der Waals surface area (Å²) in [6.45, 7) is 2.18. The molecule has 0 atom stereocenters. The molecule has 0 bridgehead atoms. The summed E-state index contributed by atoms with van der Waals surface area (Å²) >= 11 is 1.45. The zero-order valence-electron chi connectivity index (χ0n) is 5.09. The fraction of sp³-hybridized carbons (Fsp3) is 0.600. The van der Waals surface area contributed by atoms with E-state index in [0.29, 0.717) is 5.23 Å². The molecule has 0 spiro atoms. The molecule has 3 nitrogen and oxygen atoms in total. The Labute approximate surface area is 57.5 Å². The number of cyclic esters (lactones) is 1. The average molecular weight is 145 g/mol. The molecule has 0 fully saturated rings. The fourth-order valence-electron chi connectivity index (χ4n) is 0.490. The molecule has 1 heterocycles. The van der Waals surface area contributed by atoms with E-state index >= 15 is 0 Å². The van der Waals surface area contributed by atoms with Crippen molar-refractivity contribution in [3.05, 3.63) is 0 Å². The van der Waals surface area contributed by atoms with Crippen LogP contribution < -0.4 is 0 Å². The second kappa shape index (κ2) is 2.87. The monoisotopic (exact) mass is 145 g/mol. The van der Waals surface area contributed by atoms with Crippen LogP contribution in [0.1, 0.15) is 6.92 Å². The highest BCUT2D eigenvalue weighted by molar-refractivity contribution is 8.13. The highest BCUT2D eigenvalue weighted by Gasteiger charge is 2.14. The van der Waals surface area contributed by atoms with E-state index in [2.05, 4.69) is 9.73 Å². The molecule has 0 N–H and O–H groups in total. The molecule has 1 rings (SSSR count). The molecule has 4 heteroatoms. The Morgan fingerprint density at radius 2 is 2.67 bits per heavy atom. The second-order valence-electron chi connectivity index (χ2n) is 1.49. The zero-order valence-corrected chi connectivity index (χ0v) is 5.90. The van der Waals surface area contributed by atoms with Gasteiger partial charge in [-0.2, -0.15) is 0 Å². The first-order valence-corrected chi connectivity index (χ1v) is 3.69. The van der Waals surface area contributed by atoms with E-state index in [9.17, 15) is 4.79 Å². The number of ether oxygens (including phenoxy) is 1. The largest absolute Gasteiger partial charge is 0.400 e. The topological polar surface area (TPSA) is 38.7 Å². The molecule has 1 aliphatic rings. The van der Waals surface area contributed by atoms with Gasteiger partial charge in [0.05, 0.1) is 0 Å². The van der Waals surface area contributed by atoms with Gasteiger partial charge in [-0.1, -0.05) is 18.7 Å². The van der Waals surface area contributed by atoms with Gasteiger partial charge in [0.1, 0.15) is 6.54 Å². The second-order valence-corrected chi connectivity index (χ2v) is 2.70. The Morgan fingerprint density at radius 3 is 3.11 bits per heavy atom. The molecule has 9 heavy (non-hydrogen) atoms. The van der Waals surface area contributed by atoms with Gasteiger partial charge in [0.15, 0.2) is 0 Å².